The second-order valence-electron chi connectivity index (χ2n) is 7.66. The van der Waals surface area contributed by atoms with Crippen molar-refractivity contribution in [2.45, 2.75) is 18.7 Å². The van der Waals surface area contributed by atoms with Crippen LogP contribution in [0.1, 0.15) is 21.5 Å². The molecule has 0 unspecified atom stereocenters. The van der Waals surface area contributed by atoms with E-state index in [4.69, 9.17) is 9.47 Å². The maximum atomic E-state index is 14.1. The van der Waals surface area contributed by atoms with Crippen LogP contribution >= 0.6 is 0 Å². The molecule has 0 amide bonds. The van der Waals surface area contributed by atoms with E-state index < -0.39 is 21.4 Å². The number of anilines is 2. The third-order valence-corrected chi connectivity index (χ3v) is 7.28. The average molecular weight is 451 g/mol. The number of allylic oxidation sites excluding steroid dienone is 1. The summed E-state index contributed by atoms with van der Waals surface area (Å²) < 4.78 is 51.7. The van der Waals surface area contributed by atoms with Gasteiger partial charge in [0.1, 0.15) is 10.7 Å². The van der Waals surface area contributed by atoms with Crippen molar-refractivity contribution >= 4 is 27.0 Å². The Morgan fingerprint density at radius 1 is 0.969 bits per heavy atom. The number of halogens is 1. The predicted octanol–water partition coefficient (Wildman–Crippen LogP) is 4.82. The Bertz CT molecular complexity index is 1430. The van der Waals surface area contributed by atoms with Crippen LogP contribution in [0.15, 0.2) is 70.6 Å². The number of ketones is 1. The van der Waals surface area contributed by atoms with Gasteiger partial charge in [-0.05, 0) is 49.7 Å². The molecular formula is C24H18FNO5S. The maximum absolute atomic E-state index is 14.1. The number of benzene rings is 3. The van der Waals surface area contributed by atoms with Crippen LogP contribution in [-0.2, 0) is 9.84 Å². The molecule has 2 aliphatic rings. The fourth-order valence-electron chi connectivity index (χ4n) is 3.91. The van der Waals surface area contributed by atoms with Gasteiger partial charge in [0.15, 0.2) is 11.5 Å². The summed E-state index contributed by atoms with van der Waals surface area (Å²) in [6.45, 7) is 3.73. The molecular weight excluding hydrogens is 433 g/mol. The summed E-state index contributed by atoms with van der Waals surface area (Å²) >= 11 is 0. The number of Topliss-reactive ketones (excluding diaryl/α,β-unsaturated/α-hetero) is 1. The van der Waals surface area contributed by atoms with Crippen LogP contribution in [-0.4, -0.2) is 21.0 Å². The highest BCUT2D eigenvalue weighted by Crippen LogP contribution is 2.43. The van der Waals surface area contributed by atoms with Crippen LogP contribution in [0.3, 0.4) is 0 Å². The molecule has 0 N–H and O–H groups in total. The third kappa shape index (κ3) is 3.15. The van der Waals surface area contributed by atoms with E-state index in [0.717, 1.165) is 17.7 Å². The molecule has 0 atom stereocenters. The van der Waals surface area contributed by atoms with E-state index in [-0.39, 0.29) is 22.3 Å². The number of hydrogen-bond donors (Lipinski definition) is 0. The molecule has 2 aliphatic heterocycles. The lowest BCUT2D eigenvalue weighted by Gasteiger charge is -2.29. The molecule has 32 heavy (non-hydrogen) atoms. The lowest BCUT2D eigenvalue weighted by Crippen LogP contribution is -2.26. The second kappa shape index (κ2) is 7.20. The van der Waals surface area contributed by atoms with Crippen LogP contribution in [0.4, 0.5) is 15.8 Å². The minimum Gasteiger partial charge on any atom is -0.454 e. The molecule has 0 spiro atoms. The highest BCUT2D eigenvalue weighted by Gasteiger charge is 2.37. The van der Waals surface area contributed by atoms with Crippen LogP contribution in [0, 0.1) is 19.7 Å². The van der Waals surface area contributed by atoms with Gasteiger partial charge < -0.3 is 14.4 Å². The van der Waals surface area contributed by atoms with Gasteiger partial charge >= 0.3 is 0 Å². The lowest BCUT2D eigenvalue weighted by atomic mass is 10.0. The molecule has 0 saturated heterocycles. The van der Waals surface area contributed by atoms with Gasteiger partial charge in [-0.15, -0.1) is 0 Å². The van der Waals surface area contributed by atoms with E-state index in [9.17, 15) is 17.6 Å². The third-order valence-electron chi connectivity index (χ3n) is 5.49. The van der Waals surface area contributed by atoms with Gasteiger partial charge in [0.2, 0.25) is 22.4 Å². The first kappa shape index (κ1) is 20.3. The molecule has 0 radical (unpaired) electrons. The zero-order valence-electron chi connectivity index (χ0n) is 17.3. The van der Waals surface area contributed by atoms with Gasteiger partial charge in [-0.1, -0.05) is 23.8 Å². The molecule has 0 saturated carbocycles. The van der Waals surface area contributed by atoms with E-state index in [1.165, 1.54) is 17.2 Å². The molecule has 3 aromatic rings. The van der Waals surface area contributed by atoms with Gasteiger partial charge in [0, 0.05) is 23.5 Å². The van der Waals surface area contributed by atoms with Gasteiger partial charge in [-0.2, -0.15) is 0 Å². The summed E-state index contributed by atoms with van der Waals surface area (Å²) in [6, 6.07) is 13.6. The smallest absolute Gasteiger partial charge is 0.231 e. The summed E-state index contributed by atoms with van der Waals surface area (Å²) in [7, 11) is -4.18. The lowest BCUT2D eigenvalue weighted by molar-refractivity contribution is 0.104. The molecule has 2 heterocycles. The molecule has 0 fully saturated rings. The first-order valence-corrected chi connectivity index (χ1v) is 11.3. The number of carbonyl (C=O) groups is 1. The monoisotopic (exact) mass is 451 g/mol. The fourth-order valence-corrected chi connectivity index (χ4v) is 5.43. The SMILES string of the molecule is Cc1ccc(C(=O)C2=CN(c3ccc4c(c3)OCO4)c3cc(F)ccc3S2(=O)=O)c(C)c1. The highest BCUT2D eigenvalue weighted by molar-refractivity contribution is 7.96. The molecule has 0 bridgehead atoms. The van der Waals surface area contributed by atoms with Crippen LogP contribution in [0.25, 0.3) is 0 Å². The summed E-state index contributed by atoms with van der Waals surface area (Å²) in [4.78, 5) is 14.3. The minimum atomic E-state index is -4.18. The normalized spacial score (nSPS) is 15.8. The number of carbonyl (C=O) groups excluding carboxylic acids is 1. The Kier molecular flexibility index (Phi) is 4.56. The number of nitrogens with zero attached hydrogens (tertiary/aromatic N) is 1. The molecule has 0 aliphatic carbocycles. The van der Waals surface area contributed by atoms with Crippen LogP contribution in [0.2, 0.25) is 0 Å². The first-order chi connectivity index (χ1) is 15.3. The zero-order chi connectivity index (χ0) is 22.6. The second-order valence-corrected chi connectivity index (χ2v) is 9.55. The Morgan fingerprint density at radius 3 is 2.53 bits per heavy atom. The van der Waals surface area contributed by atoms with E-state index >= 15 is 0 Å². The standard InChI is InChI=1S/C24H18FNO5S/c1-14-3-6-18(15(2)9-14)24(27)23-12-26(17-5-7-20-21(11-17)31-13-30-20)19-10-16(25)4-8-22(19)32(23,28)29/h3-12H,13H2,1-2H3. The van der Waals surface area contributed by atoms with Crippen molar-refractivity contribution in [1.29, 1.82) is 0 Å². The van der Waals surface area contributed by atoms with E-state index in [1.807, 2.05) is 13.0 Å². The minimum absolute atomic E-state index is 0.0741. The zero-order valence-corrected chi connectivity index (χ0v) is 18.1. The quantitative estimate of drug-likeness (QED) is 0.420. The van der Waals surface area contributed by atoms with Crippen molar-refractivity contribution in [3.63, 3.8) is 0 Å². The topological polar surface area (TPSA) is 72.9 Å². The van der Waals surface area contributed by atoms with Crippen molar-refractivity contribution in [2.75, 3.05) is 11.7 Å². The fraction of sp³-hybridized carbons (Fsp3) is 0.125. The Hall–Kier alpha value is -3.65. The summed E-state index contributed by atoms with van der Waals surface area (Å²) in [5.41, 5.74) is 2.54. The van der Waals surface area contributed by atoms with Crippen molar-refractivity contribution in [1.82, 2.24) is 0 Å². The van der Waals surface area contributed by atoms with Gasteiger partial charge in [0.05, 0.1) is 10.6 Å². The van der Waals surface area contributed by atoms with E-state index in [0.29, 0.717) is 28.3 Å². The molecule has 0 aromatic heterocycles. The van der Waals surface area contributed by atoms with Crippen LogP contribution < -0.4 is 14.4 Å². The van der Waals surface area contributed by atoms with Gasteiger partial charge in [0.25, 0.3) is 0 Å². The largest absolute Gasteiger partial charge is 0.454 e. The first-order valence-electron chi connectivity index (χ1n) is 9.83. The van der Waals surface area contributed by atoms with Crippen molar-refractivity contribution in [3.8, 4) is 11.5 Å². The number of sulfone groups is 1. The molecule has 8 heteroatoms. The predicted molar refractivity (Wildman–Crippen MR) is 117 cm³/mol. The Labute approximate surface area is 184 Å². The Morgan fingerprint density at radius 2 is 1.75 bits per heavy atom. The number of hydrogen-bond acceptors (Lipinski definition) is 6. The maximum Gasteiger partial charge on any atom is 0.231 e. The number of aryl methyl sites for hydroxylation is 2. The van der Waals surface area contributed by atoms with Gasteiger partial charge in [-0.3, -0.25) is 4.79 Å². The van der Waals surface area contributed by atoms with Gasteiger partial charge in [-0.25, -0.2) is 12.8 Å². The summed E-state index contributed by atoms with van der Waals surface area (Å²) in [6.07, 6.45) is 1.25. The van der Waals surface area contributed by atoms with Crippen molar-refractivity contribution in [2.24, 2.45) is 0 Å². The van der Waals surface area contributed by atoms with E-state index in [1.54, 1.807) is 37.3 Å². The van der Waals surface area contributed by atoms with Crippen molar-refractivity contribution < 1.29 is 27.1 Å². The van der Waals surface area contributed by atoms with Crippen LogP contribution in [0.5, 0.6) is 11.5 Å². The number of ether oxygens (including phenoxy) is 2. The molecule has 5 rings (SSSR count). The number of fused-ring (bicyclic) bond motifs is 2. The molecule has 162 valence electrons. The Balaban J connectivity index is 1.71. The average Bonchev–Trinajstić information content (AvgIpc) is 3.21. The summed E-state index contributed by atoms with van der Waals surface area (Å²) in [5.74, 6) is -0.191. The molecule has 3 aromatic carbocycles. The summed E-state index contributed by atoms with van der Waals surface area (Å²) in [5, 5.41) is 0. The molecule has 6 nitrogen and oxygen atoms in total. The number of rotatable bonds is 3. The van der Waals surface area contributed by atoms with Crippen molar-refractivity contribution in [3.05, 3.63) is 88.2 Å². The van der Waals surface area contributed by atoms with E-state index in [2.05, 4.69) is 0 Å². The highest BCUT2D eigenvalue weighted by atomic mass is 32.2.